The van der Waals surface area contributed by atoms with Crippen LogP contribution < -0.4 is 16.4 Å². The van der Waals surface area contributed by atoms with E-state index in [1.807, 2.05) is 24.3 Å². The number of anilines is 3. The minimum absolute atomic E-state index is 0.290. The lowest BCUT2D eigenvalue weighted by Crippen LogP contribution is -2.37. The molecule has 4 rings (SSSR count). The number of H-pyrrole nitrogens is 1. The molecule has 1 aliphatic rings. The molecule has 3 heterocycles. The average Bonchev–Trinajstić information content (AvgIpc) is 2.77. The maximum absolute atomic E-state index is 5.84. The second kappa shape index (κ2) is 4.34. The molecule has 0 bridgehead atoms. The number of aromatic nitrogens is 4. The van der Waals surface area contributed by atoms with Crippen LogP contribution in [0.25, 0.3) is 22.2 Å². The quantitative estimate of drug-likeness (QED) is 0.655. The molecule has 1 saturated heterocycles. The molecule has 106 valence electrons. The van der Waals surface area contributed by atoms with Gasteiger partial charge in [0.1, 0.15) is 5.82 Å². The summed E-state index contributed by atoms with van der Waals surface area (Å²) in [5.41, 5.74) is 14.3. The van der Waals surface area contributed by atoms with E-state index in [9.17, 15) is 0 Å². The highest BCUT2D eigenvalue weighted by Gasteiger charge is 2.17. The number of nitrogen functional groups attached to an aromatic ring is 2. The van der Waals surface area contributed by atoms with E-state index in [0.717, 1.165) is 41.1 Å². The van der Waals surface area contributed by atoms with Crippen molar-refractivity contribution in [3.05, 3.63) is 24.3 Å². The van der Waals surface area contributed by atoms with Crippen molar-refractivity contribution in [1.82, 2.24) is 20.2 Å². The number of nitrogens with one attached hydrogen (secondary N) is 1. The van der Waals surface area contributed by atoms with Crippen molar-refractivity contribution in [3.63, 3.8) is 0 Å². The lowest BCUT2D eigenvalue weighted by atomic mass is 10.1. The molecule has 1 aliphatic heterocycles. The molecule has 21 heavy (non-hydrogen) atoms. The first-order valence-corrected chi connectivity index (χ1v) is 6.84. The van der Waals surface area contributed by atoms with Gasteiger partial charge >= 0.3 is 0 Å². The minimum atomic E-state index is 0.290. The number of rotatable bonds is 2. The van der Waals surface area contributed by atoms with Crippen molar-refractivity contribution in [2.75, 3.05) is 29.5 Å². The molecule has 1 fully saturated rings. The highest BCUT2D eigenvalue weighted by molar-refractivity contribution is 5.91. The number of hydrogen-bond donors (Lipinski definition) is 3. The number of benzene rings is 1. The third-order valence-corrected chi connectivity index (χ3v) is 3.80. The van der Waals surface area contributed by atoms with E-state index >= 15 is 0 Å². The summed E-state index contributed by atoms with van der Waals surface area (Å²) in [5.74, 6) is 1.67. The zero-order valence-corrected chi connectivity index (χ0v) is 11.4. The lowest BCUT2D eigenvalue weighted by Gasteiger charge is -2.32. The van der Waals surface area contributed by atoms with Crippen LogP contribution in [0.15, 0.2) is 24.3 Å². The number of hydrogen-bond acceptors (Lipinski definition) is 6. The molecule has 0 unspecified atom stereocenters. The molecule has 0 aliphatic carbocycles. The van der Waals surface area contributed by atoms with E-state index in [-0.39, 0.29) is 0 Å². The summed E-state index contributed by atoms with van der Waals surface area (Å²) in [5, 5.41) is 7.82. The number of nitrogens with two attached hydrogens (primary N) is 2. The second-order valence-corrected chi connectivity index (χ2v) is 5.18. The third kappa shape index (κ3) is 1.94. The third-order valence-electron chi connectivity index (χ3n) is 3.80. The van der Waals surface area contributed by atoms with Gasteiger partial charge in [0.2, 0.25) is 5.95 Å². The number of aromatic amines is 1. The van der Waals surface area contributed by atoms with Crippen LogP contribution in [0.5, 0.6) is 0 Å². The maximum Gasteiger partial charge on any atom is 0.222 e. The zero-order valence-electron chi connectivity index (χ0n) is 11.4. The van der Waals surface area contributed by atoms with Gasteiger partial charge in [0, 0.05) is 30.1 Å². The van der Waals surface area contributed by atoms with Crippen LogP contribution in [-0.4, -0.2) is 33.3 Å². The molecule has 7 heteroatoms. The molecule has 0 radical (unpaired) electrons. The van der Waals surface area contributed by atoms with E-state index in [1.54, 1.807) is 0 Å². The van der Waals surface area contributed by atoms with E-state index < -0.39 is 0 Å². The van der Waals surface area contributed by atoms with Crippen LogP contribution >= 0.6 is 0 Å². The predicted molar refractivity (Wildman–Crippen MR) is 82.8 cm³/mol. The van der Waals surface area contributed by atoms with Gasteiger partial charge in [0.25, 0.3) is 0 Å². The van der Waals surface area contributed by atoms with Gasteiger partial charge in [-0.3, -0.25) is 5.10 Å². The molecule has 0 spiro atoms. The maximum atomic E-state index is 5.84. The van der Waals surface area contributed by atoms with Crippen molar-refractivity contribution in [2.45, 2.75) is 6.42 Å². The Morgan fingerprint density at radius 1 is 1.10 bits per heavy atom. The summed E-state index contributed by atoms with van der Waals surface area (Å²) in [6, 6.07) is 7.84. The SMILES string of the molecule is Nc1nc(-c2ccc3c(N)n[nH]c3c2)cc(N2CCC2)n1. The molecule has 2 aromatic heterocycles. The normalized spacial score (nSPS) is 14.4. The summed E-state index contributed by atoms with van der Waals surface area (Å²) < 4.78 is 0. The molecule has 3 aromatic rings. The summed E-state index contributed by atoms with van der Waals surface area (Å²) in [6.07, 6.45) is 1.19. The van der Waals surface area contributed by atoms with Crippen molar-refractivity contribution < 1.29 is 0 Å². The highest BCUT2D eigenvalue weighted by atomic mass is 15.2. The molecule has 7 nitrogen and oxygen atoms in total. The fourth-order valence-electron chi connectivity index (χ4n) is 2.51. The largest absolute Gasteiger partial charge is 0.382 e. The zero-order chi connectivity index (χ0) is 14.4. The van der Waals surface area contributed by atoms with Crippen molar-refractivity contribution in [3.8, 4) is 11.3 Å². The van der Waals surface area contributed by atoms with Crippen LogP contribution in [0.4, 0.5) is 17.6 Å². The fraction of sp³-hybridized carbons (Fsp3) is 0.214. The number of nitrogens with zero attached hydrogens (tertiary/aromatic N) is 4. The Morgan fingerprint density at radius 2 is 1.95 bits per heavy atom. The Morgan fingerprint density at radius 3 is 2.71 bits per heavy atom. The van der Waals surface area contributed by atoms with Gasteiger partial charge < -0.3 is 16.4 Å². The second-order valence-electron chi connectivity index (χ2n) is 5.18. The Balaban J connectivity index is 1.81. The summed E-state index contributed by atoms with van der Waals surface area (Å²) in [7, 11) is 0. The van der Waals surface area contributed by atoms with E-state index in [2.05, 4.69) is 25.1 Å². The van der Waals surface area contributed by atoms with Crippen LogP contribution in [0.1, 0.15) is 6.42 Å². The van der Waals surface area contributed by atoms with Gasteiger partial charge in [-0.05, 0) is 18.6 Å². The van der Waals surface area contributed by atoms with E-state index in [4.69, 9.17) is 11.5 Å². The molecular weight excluding hydrogens is 266 g/mol. The van der Waals surface area contributed by atoms with Crippen LogP contribution in [0, 0.1) is 0 Å². The number of fused-ring (bicyclic) bond motifs is 1. The standard InChI is InChI=1S/C14H15N7/c15-13-9-3-2-8(6-11(9)19-20-13)10-7-12(18-14(16)17-10)21-4-1-5-21/h2-3,6-7H,1,4-5H2,(H3,15,19,20)(H2,16,17,18). The van der Waals surface area contributed by atoms with Crippen LogP contribution in [-0.2, 0) is 0 Å². The Bertz CT molecular complexity index is 819. The first-order valence-electron chi connectivity index (χ1n) is 6.84. The average molecular weight is 281 g/mol. The molecule has 0 atom stereocenters. The Labute approximate surface area is 121 Å². The fourth-order valence-corrected chi connectivity index (χ4v) is 2.51. The molecule has 1 aromatic carbocycles. The Hall–Kier alpha value is -2.83. The molecule has 0 saturated carbocycles. The minimum Gasteiger partial charge on any atom is -0.382 e. The summed E-state index contributed by atoms with van der Waals surface area (Å²) in [4.78, 5) is 10.8. The highest BCUT2D eigenvalue weighted by Crippen LogP contribution is 2.28. The summed E-state index contributed by atoms with van der Waals surface area (Å²) in [6.45, 7) is 2.04. The van der Waals surface area contributed by atoms with Crippen LogP contribution in [0.2, 0.25) is 0 Å². The lowest BCUT2D eigenvalue weighted by molar-refractivity contribution is 0.609. The van der Waals surface area contributed by atoms with Gasteiger partial charge in [-0.1, -0.05) is 6.07 Å². The van der Waals surface area contributed by atoms with E-state index in [0.29, 0.717) is 11.8 Å². The summed E-state index contributed by atoms with van der Waals surface area (Å²) >= 11 is 0. The molecule has 5 N–H and O–H groups in total. The molecule has 0 amide bonds. The van der Waals surface area contributed by atoms with Gasteiger partial charge in [-0.25, -0.2) is 4.98 Å². The molecular formula is C14H15N7. The smallest absolute Gasteiger partial charge is 0.222 e. The topological polar surface area (TPSA) is 110 Å². The Kier molecular flexibility index (Phi) is 2.47. The first-order chi connectivity index (χ1) is 10.2. The predicted octanol–water partition coefficient (Wildman–Crippen LogP) is 1.39. The van der Waals surface area contributed by atoms with Crippen molar-refractivity contribution in [1.29, 1.82) is 0 Å². The van der Waals surface area contributed by atoms with Crippen molar-refractivity contribution in [2.24, 2.45) is 0 Å². The first kappa shape index (κ1) is 12.0. The van der Waals surface area contributed by atoms with E-state index in [1.165, 1.54) is 6.42 Å². The van der Waals surface area contributed by atoms with Gasteiger partial charge in [-0.2, -0.15) is 10.1 Å². The van der Waals surface area contributed by atoms with Gasteiger partial charge in [-0.15, -0.1) is 0 Å². The van der Waals surface area contributed by atoms with Crippen molar-refractivity contribution >= 4 is 28.5 Å². The van der Waals surface area contributed by atoms with Gasteiger partial charge in [0.05, 0.1) is 11.2 Å². The monoisotopic (exact) mass is 281 g/mol. The van der Waals surface area contributed by atoms with Gasteiger partial charge in [0.15, 0.2) is 5.82 Å². The van der Waals surface area contributed by atoms with Crippen LogP contribution in [0.3, 0.4) is 0 Å².